The van der Waals surface area contributed by atoms with Crippen molar-refractivity contribution in [3.8, 4) is 45.1 Å². The summed E-state index contributed by atoms with van der Waals surface area (Å²) in [6.07, 6.45) is 11.4. The first-order valence-electron chi connectivity index (χ1n) is 15.2. The fourth-order valence-corrected chi connectivity index (χ4v) is 5.78. The first-order valence-corrected chi connectivity index (χ1v) is 15.2. The average molecular weight is 607 g/mol. The van der Waals surface area contributed by atoms with Gasteiger partial charge in [-0.3, -0.25) is 20.0 Å². The fourth-order valence-electron chi connectivity index (χ4n) is 5.78. The van der Waals surface area contributed by atoms with Crippen LogP contribution in [0.1, 0.15) is 12.8 Å². The zero-order chi connectivity index (χ0) is 30.8. The Morgan fingerprint density at radius 1 is 0.822 bits per heavy atom. The molecule has 0 amide bonds. The number of benzene rings is 1. The van der Waals surface area contributed by atoms with Gasteiger partial charge in [-0.25, -0.2) is 9.37 Å². The van der Waals surface area contributed by atoms with E-state index in [2.05, 4.69) is 41.1 Å². The third-order valence-electron chi connectivity index (χ3n) is 8.14. The summed E-state index contributed by atoms with van der Waals surface area (Å²) < 4.78 is 26.5. The van der Waals surface area contributed by atoms with Crippen LogP contribution < -0.4 is 9.47 Å². The summed E-state index contributed by atoms with van der Waals surface area (Å²) in [5, 5.41) is 9.37. The molecule has 1 aromatic carbocycles. The van der Waals surface area contributed by atoms with Crippen molar-refractivity contribution in [2.45, 2.75) is 12.8 Å². The zero-order valence-corrected chi connectivity index (χ0v) is 25.4. The van der Waals surface area contributed by atoms with Crippen molar-refractivity contribution < 1.29 is 13.9 Å². The number of ether oxygens (including phenoxy) is 2. The lowest BCUT2D eigenvalue weighted by molar-refractivity contribution is 0.237. The van der Waals surface area contributed by atoms with Crippen LogP contribution in [0.15, 0.2) is 67.4 Å². The van der Waals surface area contributed by atoms with Crippen LogP contribution in [0.25, 0.3) is 55.6 Å². The Balaban J connectivity index is 1.17. The molecular formula is C34H35FN8O2. The second-order valence-electron chi connectivity index (χ2n) is 11.7. The number of hydrogen-bond donors (Lipinski definition) is 2. The van der Waals surface area contributed by atoms with Crippen LogP contribution in [-0.4, -0.2) is 93.4 Å². The number of fused-ring (bicyclic) bond motifs is 2. The maximum atomic E-state index is 14.7. The average Bonchev–Trinajstić information content (AvgIpc) is 3.80. The Labute approximate surface area is 260 Å². The van der Waals surface area contributed by atoms with Gasteiger partial charge in [0.2, 0.25) is 0 Å². The highest BCUT2D eigenvalue weighted by molar-refractivity contribution is 6.00. The molecule has 11 heteroatoms. The summed E-state index contributed by atoms with van der Waals surface area (Å²) in [5.41, 5.74) is 6.32. The van der Waals surface area contributed by atoms with E-state index < -0.39 is 0 Å². The molecule has 5 aromatic heterocycles. The molecule has 0 aliphatic carbocycles. The van der Waals surface area contributed by atoms with E-state index in [1.54, 1.807) is 24.8 Å². The van der Waals surface area contributed by atoms with Gasteiger partial charge in [-0.05, 0) is 75.9 Å². The quantitative estimate of drug-likeness (QED) is 0.191. The summed E-state index contributed by atoms with van der Waals surface area (Å²) >= 11 is 0. The minimum atomic E-state index is -0.367. The van der Waals surface area contributed by atoms with Gasteiger partial charge < -0.3 is 19.4 Å². The van der Waals surface area contributed by atoms with Crippen LogP contribution >= 0.6 is 0 Å². The molecule has 0 bridgehead atoms. The van der Waals surface area contributed by atoms with Gasteiger partial charge in [0.25, 0.3) is 0 Å². The number of likely N-dealkylation sites (tertiary alicyclic amines) is 1. The zero-order valence-electron chi connectivity index (χ0n) is 25.4. The third-order valence-corrected chi connectivity index (χ3v) is 8.14. The molecular weight excluding hydrogens is 571 g/mol. The van der Waals surface area contributed by atoms with Crippen LogP contribution in [0.3, 0.4) is 0 Å². The van der Waals surface area contributed by atoms with Gasteiger partial charge in [-0.15, -0.1) is 0 Å². The Hall–Kier alpha value is -4.87. The number of nitrogens with one attached hydrogen (secondary N) is 2. The Morgan fingerprint density at radius 3 is 2.49 bits per heavy atom. The highest BCUT2D eigenvalue weighted by Crippen LogP contribution is 2.36. The Bertz CT molecular complexity index is 1950. The molecule has 45 heavy (non-hydrogen) atoms. The lowest BCUT2D eigenvalue weighted by Crippen LogP contribution is -2.25. The van der Waals surface area contributed by atoms with Crippen molar-refractivity contribution >= 4 is 21.9 Å². The van der Waals surface area contributed by atoms with Gasteiger partial charge in [-0.1, -0.05) is 0 Å². The van der Waals surface area contributed by atoms with Gasteiger partial charge in [0.1, 0.15) is 30.5 Å². The van der Waals surface area contributed by atoms with Gasteiger partial charge >= 0.3 is 0 Å². The summed E-state index contributed by atoms with van der Waals surface area (Å²) in [7, 11) is 3.94. The molecule has 0 atom stereocenters. The monoisotopic (exact) mass is 606 g/mol. The molecule has 2 N–H and O–H groups in total. The Morgan fingerprint density at radius 2 is 1.62 bits per heavy atom. The molecule has 6 aromatic rings. The standard InChI is InChI=1S/C34H35FN8O2/c1-42(2)7-9-44-26-12-22(11-25(35)15-26)30-20-37-21-32-28(30)16-31(39-32)33-29-14-24(18-38-34(29)41-40-33)23-13-27(19-36-17-23)45-10-8-43-5-3-4-6-43/h11-21,39H,3-10H2,1-2H3,(H,38,40,41). The number of aromatic nitrogens is 6. The SMILES string of the molecule is CN(C)CCOc1cc(F)cc(-c2cncc3[nH]c(-c4[nH]nc5ncc(-c6cncc(OCCN7CCCC7)c6)cc45)cc23)c1. The fraction of sp³-hybridized carbons (Fsp3) is 0.294. The van der Waals surface area contributed by atoms with Crippen LogP contribution in [0.4, 0.5) is 4.39 Å². The number of halogens is 1. The molecule has 1 aliphatic heterocycles. The van der Waals surface area contributed by atoms with Crippen LogP contribution in [0.2, 0.25) is 0 Å². The first kappa shape index (κ1) is 28.9. The summed E-state index contributed by atoms with van der Waals surface area (Å²) in [6.45, 7) is 5.03. The number of aromatic amines is 2. The number of hydrogen-bond acceptors (Lipinski definition) is 8. The maximum Gasteiger partial charge on any atom is 0.181 e. The van der Waals surface area contributed by atoms with Crippen molar-refractivity contribution in [3.63, 3.8) is 0 Å². The predicted octanol–water partition coefficient (Wildman–Crippen LogP) is 5.78. The van der Waals surface area contributed by atoms with Crippen LogP contribution in [-0.2, 0) is 0 Å². The Kier molecular flexibility index (Phi) is 8.10. The third kappa shape index (κ3) is 6.36. The molecule has 1 fully saturated rings. The van der Waals surface area contributed by atoms with Crippen molar-refractivity contribution in [2.75, 3.05) is 53.5 Å². The molecule has 0 radical (unpaired) electrons. The molecule has 0 spiro atoms. The van der Waals surface area contributed by atoms with E-state index in [0.29, 0.717) is 30.2 Å². The van der Waals surface area contributed by atoms with E-state index in [9.17, 15) is 4.39 Å². The normalized spacial score (nSPS) is 13.8. The van der Waals surface area contributed by atoms with Crippen LogP contribution in [0, 0.1) is 5.82 Å². The van der Waals surface area contributed by atoms with Gasteiger partial charge in [0.05, 0.1) is 29.3 Å². The van der Waals surface area contributed by atoms with Crippen molar-refractivity contribution in [1.29, 1.82) is 0 Å². The van der Waals surface area contributed by atoms with Gasteiger partial charge in [0.15, 0.2) is 5.65 Å². The van der Waals surface area contributed by atoms with E-state index in [0.717, 1.165) is 76.3 Å². The number of nitrogens with zero attached hydrogens (tertiary/aromatic N) is 6. The molecule has 6 heterocycles. The highest BCUT2D eigenvalue weighted by Gasteiger charge is 2.17. The lowest BCUT2D eigenvalue weighted by atomic mass is 10.0. The largest absolute Gasteiger partial charge is 0.492 e. The molecule has 1 aliphatic rings. The molecule has 0 saturated carbocycles. The number of likely N-dealkylation sites (N-methyl/N-ethyl adjacent to an activating group) is 1. The second kappa shape index (κ2) is 12.6. The van der Waals surface area contributed by atoms with Crippen LogP contribution in [0.5, 0.6) is 11.5 Å². The number of rotatable bonds is 11. The first-order chi connectivity index (χ1) is 22.0. The van der Waals surface area contributed by atoms with E-state index in [-0.39, 0.29) is 5.82 Å². The molecule has 230 valence electrons. The van der Waals surface area contributed by atoms with E-state index in [1.165, 1.54) is 25.0 Å². The summed E-state index contributed by atoms with van der Waals surface area (Å²) in [6, 6.07) is 10.8. The summed E-state index contributed by atoms with van der Waals surface area (Å²) in [5.74, 6) is 0.848. The van der Waals surface area contributed by atoms with Crippen molar-refractivity contribution in [2.24, 2.45) is 0 Å². The topological polar surface area (TPSA) is 108 Å². The summed E-state index contributed by atoms with van der Waals surface area (Å²) in [4.78, 5) is 21.4. The van der Waals surface area contributed by atoms with Crippen molar-refractivity contribution in [1.82, 2.24) is 39.9 Å². The minimum Gasteiger partial charge on any atom is -0.492 e. The lowest BCUT2D eigenvalue weighted by Gasteiger charge is -2.15. The molecule has 7 rings (SSSR count). The van der Waals surface area contributed by atoms with Crippen molar-refractivity contribution in [3.05, 3.63) is 73.2 Å². The molecule has 10 nitrogen and oxygen atoms in total. The van der Waals surface area contributed by atoms with Gasteiger partial charge in [0, 0.05) is 65.2 Å². The smallest absolute Gasteiger partial charge is 0.181 e. The van der Waals surface area contributed by atoms with Gasteiger partial charge in [-0.2, -0.15) is 5.10 Å². The highest BCUT2D eigenvalue weighted by atomic mass is 19.1. The van der Waals surface area contributed by atoms with E-state index >= 15 is 0 Å². The minimum absolute atomic E-state index is 0.367. The maximum absolute atomic E-state index is 14.7. The van der Waals surface area contributed by atoms with E-state index in [4.69, 9.17) is 9.47 Å². The number of pyridine rings is 3. The van der Waals surface area contributed by atoms with E-state index in [1.807, 2.05) is 43.4 Å². The molecule has 1 saturated heterocycles. The number of H-pyrrole nitrogens is 2. The second-order valence-corrected chi connectivity index (χ2v) is 11.7. The molecule has 0 unspecified atom stereocenters. The predicted molar refractivity (Wildman–Crippen MR) is 173 cm³/mol.